The molecule has 0 saturated carbocycles. The molecule has 0 amide bonds. The molecule has 1 unspecified atom stereocenters. The van der Waals surface area contributed by atoms with Crippen molar-refractivity contribution >= 4 is 5.97 Å². The number of nitrogens with zero attached hydrogens (tertiary/aromatic N) is 1. The molecule has 1 aliphatic rings. The number of carbonyl (C=O) groups is 1. The molecule has 0 spiro atoms. The molecule has 1 aliphatic heterocycles. The van der Waals surface area contributed by atoms with Gasteiger partial charge >= 0.3 is 12.1 Å². The van der Waals surface area contributed by atoms with Gasteiger partial charge in [-0.15, -0.1) is 0 Å². The zero-order valence-electron chi connectivity index (χ0n) is 23.6. The van der Waals surface area contributed by atoms with Gasteiger partial charge in [0.1, 0.15) is 6.10 Å². The lowest BCUT2D eigenvalue weighted by Crippen LogP contribution is -2.54. The number of ether oxygens (including phenoxy) is 4. The zero-order chi connectivity index (χ0) is 28.8. The molecule has 1 saturated heterocycles. The van der Waals surface area contributed by atoms with Crippen LogP contribution in [-0.4, -0.2) is 64.1 Å². The van der Waals surface area contributed by atoms with E-state index < -0.39 is 23.9 Å². The quantitative estimate of drug-likeness (QED) is 0.322. The van der Waals surface area contributed by atoms with E-state index >= 15 is 0 Å². The Labute approximate surface area is 229 Å². The Bertz CT molecular complexity index is 1090. The van der Waals surface area contributed by atoms with Crippen molar-refractivity contribution in [3.05, 3.63) is 59.2 Å². The molecule has 0 aromatic heterocycles. The van der Waals surface area contributed by atoms with Gasteiger partial charge in [0.15, 0.2) is 11.5 Å². The van der Waals surface area contributed by atoms with E-state index in [2.05, 4.69) is 18.7 Å². The van der Waals surface area contributed by atoms with Gasteiger partial charge in [0.25, 0.3) is 5.60 Å². The minimum absolute atomic E-state index is 0.104. The maximum absolute atomic E-state index is 14.4. The lowest BCUT2D eigenvalue weighted by atomic mass is 9.86. The summed E-state index contributed by atoms with van der Waals surface area (Å²) in [5.41, 5.74) is -1.24. The van der Waals surface area contributed by atoms with Gasteiger partial charge in [0.2, 0.25) is 0 Å². The van der Waals surface area contributed by atoms with Crippen LogP contribution in [0.2, 0.25) is 0 Å². The Kier molecular flexibility index (Phi) is 10.3. The van der Waals surface area contributed by atoms with Gasteiger partial charge in [-0.05, 0) is 55.4 Å². The molecule has 6 nitrogen and oxygen atoms in total. The molecule has 2 aromatic carbocycles. The first-order valence-electron chi connectivity index (χ1n) is 13.3. The van der Waals surface area contributed by atoms with Gasteiger partial charge in [0.05, 0.1) is 14.2 Å². The molecule has 1 heterocycles. The van der Waals surface area contributed by atoms with Gasteiger partial charge in [-0.2, -0.15) is 13.2 Å². The van der Waals surface area contributed by atoms with Gasteiger partial charge < -0.3 is 23.8 Å². The molecule has 0 radical (unpaired) electrons. The molecule has 3 atom stereocenters. The highest BCUT2D eigenvalue weighted by Gasteiger charge is 2.64. The van der Waals surface area contributed by atoms with Crippen LogP contribution in [0, 0.1) is 18.8 Å². The highest BCUT2D eigenvalue weighted by Crippen LogP contribution is 2.44. The highest BCUT2D eigenvalue weighted by atomic mass is 19.4. The molecule has 39 heavy (non-hydrogen) atoms. The van der Waals surface area contributed by atoms with Crippen LogP contribution in [0.3, 0.4) is 0 Å². The molecule has 2 aromatic rings. The second-order valence-electron chi connectivity index (χ2n) is 10.6. The van der Waals surface area contributed by atoms with E-state index in [0.29, 0.717) is 31.0 Å². The van der Waals surface area contributed by atoms with Gasteiger partial charge in [-0.3, -0.25) is 0 Å². The molecule has 0 aliphatic carbocycles. The predicted octanol–water partition coefficient (Wildman–Crippen LogP) is 5.94. The van der Waals surface area contributed by atoms with Crippen LogP contribution >= 0.6 is 0 Å². The van der Waals surface area contributed by atoms with Crippen LogP contribution in [0.15, 0.2) is 42.5 Å². The van der Waals surface area contributed by atoms with Crippen LogP contribution in [0.1, 0.15) is 43.4 Å². The Morgan fingerprint density at radius 1 is 1.05 bits per heavy atom. The fourth-order valence-electron chi connectivity index (χ4n) is 5.45. The molecule has 0 N–H and O–H groups in total. The van der Waals surface area contributed by atoms with Gasteiger partial charge in [-0.1, -0.05) is 44.2 Å². The third-order valence-electron chi connectivity index (χ3n) is 7.49. The molecule has 0 bridgehead atoms. The molecular weight excluding hydrogens is 511 g/mol. The molecule has 216 valence electrons. The molecule has 1 fully saturated rings. The number of methoxy groups -OCH3 is 3. The second-order valence-corrected chi connectivity index (χ2v) is 10.6. The van der Waals surface area contributed by atoms with Crippen molar-refractivity contribution in [3.63, 3.8) is 0 Å². The van der Waals surface area contributed by atoms with Crippen LogP contribution in [0.25, 0.3) is 0 Å². The summed E-state index contributed by atoms with van der Waals surface area (Å²) in [7, 11) is 4.11. The Morgan fingerprint density at radius 3 is 2.26 bits per heavy atom. The fraction of sp³-hybridized carbons (Fsp3) is 0.567. The van der Waals surface area contributed by atoms with Crippen LogP contribution in [0.4, 0.5) is 13.2 Å². The number of hydrogen-bond acceptors (Lipinski definition) is 6. The van der Waals surface area contributed by atoms with Crippen molar-refractivity contribution in [2.24, 2.45) is 11.8 Å². The number of likely N-dealkylation sites (tertiary alicyclic amines) is 1. The first-order chi connectivity index (χ1) is 18.5. The predicted molar refractivity (Wildman–Crippen MR) is 143 cm³/mol. The third-order valence-corrected chi connectivity index (χ3v) is 7.49. The number of carbonyl (C=O) groups excluding carboxylic acids is 1. The van der Waals surface area contributed by atoms with Crippen molar-refractivity contribution in [2.75, 3.05) is 41.0 Å². The van der Waals surface area contributed by atoms with Crippen LogP contribution < -0.4 is 9.47 Å². The van der Waals surface area contributed by atoms with Crippen molar-refractivity contribution in [1.82, 2.24) is 4.90 Å². The number of halogens is 3. The van der Waals surface area contributed by atoms with Crippen molar-refractivity contribution < 1.29 is 36.9 Å². The van der Waals surface area contributed by atoms with E-state index in [1.54, 1.807) is 20.3 Å². The SMILES string of the molecule is COc1cc(C)c(CCN2CC[C@H](OC(=O)C(OC)(c3ccccc3)C(F)(F)F)[C@H](CC(C)C)C2)cc1OC. The summed E-state index contributed by atoms with van der Waals surface area (Å²) in [5, 5.41) is 0. The fourth-order valence-corrected chi connectivity index (χ4v) is 5.45. The van der Waals surface area contributed by atoms with Crippen LogP contribution in [-0.2, 0) is 26.3 Å². The highest BCUT2D eigenvalue weighted by molar-refractivity contribution is 5.83. The number of rotatable bonds is 11. The Morgan fingerprint density at radius 2 is 1.69 bits per heavy atom. The van der Waals surface area contributed by atoms with Crippen LogP contribution in [0.5, 0.6) is 11.5 Å². The van der Waals surface area contributed by atoms with E-state index in [0.717, 1.165) is 37.6 Å². The molecule has 3 rings (SSSR count). The maximum atomic E-state index is 14.4. The third kappa shape index (κ3) is 6.87. The minimum atomic E-state index is -4.99. The summed E-state index contributed by atoms with van der Waals surface area (Å²) in [4.78, 5) is 15.6. The summed E-state index contributed by atoms with van der Waals surface area (Å²) < 4.78 is 64.6. The summed E-state index contributed by atoms with van der Waals surface area (Å²) in [6.45, 7) is 8.14. The van der Waals surface area contributed by atoms with Gasteiger partial charge in [0, 0.05) is 38.2 Å². The zero-order valence-corrected chi connectivity index (χ0v) is 23.6. The van der Waals surface area contributed by atoms with Gasteiger partial charge in [-0.25, -0.2) is 4.79 Å². The van der Waals surface area contributed by atoms with E-state index in [1.165, 1.54) is 24.3 Å². The van der Waals surface area contributed by atoms with E-state index in [-0.39, 0.29) is 17.4 Å². The number of piperidine rings is 1. The van der Waals surface area contributed by atoms with E-state index in [4.69, 9.17) is 18.9 Å². The maximum Gasteiger partial charge on any atom is 0.432 e. The summed E-state index contributed by atoms with van der Waals surface area (Å²) in [6, 6.07) is 10.9. The summed E-state index contributed by atoms with van der Waals surface area (Å²) in [5.74, 6) is 0.115. The Balaban J connectivity index is 1.76. The number of benzene rings is 2. The first kappa shape index (κ1) is 30.8. The smallest absolute Gasteiger partial charge is 0.432 e. The topological polar surface area (TPSA) is 57.2 Å². The number of hydrogen-bond donors (Lipinski definition) is 0. The number of aryl methyl sites for hydroxylation is 1. The van der Waals surface area contributed by atoms with Crippen molar-refractivity contribution in [3.8, 4) is 11.5 Å². The van der Waals surface area contributed by atoms with Crippen molar-refractivity contribution in [2.45, 2.75) is 57.9 Å². The largest absolute Gasteiger partial charge is 0.493 e. The lowest BCUT2D eigenvalue weighted by Gasteiger charge is -2.41. The normalized spacial score (nSPS) is 19.9. The molecular formula is C30H40F3NO5. The van der Waals surface area contributed by atoms with Crippen molar-refractivity contribution in [1.29, 1.82) is 0 Å². The average Bonchev–Trinajstić information content (AvgIpc) is 2.89. The van der Waals surface area contributed by atoms with E-state index in [9.17, 15) is 18.0 Å². The standard InChI is InChI=1S/C30H40F3NO5/c1-20(2)16-23-19-34(14-12-22-18-27(37-5)26(36-4)17-21(22)3)15-13-25(23)39-28(35)29(38-6,30(31,32)33)24-10-8-7-9-11-24/h7-11,17-18,20,23,25H,12-16,19H2,1-6H3/t23-,25+,29?/m1/s1. The summed E-state index contributed by atoms with van der Waals surface area (Å²) >= 11 is 0. The Hall–Kier alpha value is -2.78. The number of esters is 1. The minimum Gasteiger partial charge on any atom is -0.493 e. The van der Waals surface area contributed by atoms with E-state index in [1.807, 2.05) is 19.1 Å². The summed E-state index contributed by atoms with van der Waals surface area (Å²) in [6.07, 6.45) is -3.69. The average molecular weight is 552 g/mol. The molecule has 9 heteroatoms. The number of alkyl halides is 3. The lowest BCUT2D eigenvalue weighted by molar-refractivity contribution is -0.279. The first-order valence-corrected chi connectivity index (χ1v) is 13.3. The monoisotopic (exact) mass is 551 g/mol. The second kappa shape index (κ2) is 13.0.